The molecule has 2 aliphatic rings. The number of nitrogens with one attached hydrogen (secondary N) is 1. The van der Waals surface area contributed by atoms with Crippen LogP contribution in [0.2, 0.25) is 0 Å². The number of aliphatic imine (C=N–C) groups is 1. The summed E-state index contributed by atoms with van der Waals surface area (Å²) in [6.07, 6.45) is 1.99. The maximum absolute atomic E-state index is 12.7. The predicted octanol–water partition coefficient (Wildman–Crippen LogP) is 1.62. The van der Waals surface area contributed by atoms with Crippen molar-refractivity contribution in [3.8, 4) is 0 Å². The number of ether oxygens (including phenoxy) is 1. The monoisotopic (exact) mass is 379 g/mol. The number of fused-ring (bicyclic) bond motifs is 1. The molecule has 0 unspecified atom stereocenters. The fourth-order valence-corrected chi connectivity index (χ4v) is 3.70. The molecular weight excluding hydrogens is 354 g/mol. The Hall–Kier alpha value is -2.69. The number of carbonyl (C=O) groups excluding carboxylic acids is 1. The normalized spacial score (nSPS) is 18.8. The molecule has 0 saturated carbocycles. The molecule has 0 bridgehead atoms. The Balaban J connectivity index is 1.62. The molecule has 28 heavy (non-hydrogen) atoms. The number of amidine groups is 1. The molecule has 2 aromatic rings. The van der Waals surface area contributed by atoms with E-state index in [-0.39, 0.29) is 11.7 Å². The van der Waals surface area contributed by atoms with Crippen LogP contribution < -0.4 is 16.0 Å². The maximum atomic E-state index is 12.7. The molecule has 146 valence electrons. The Morgan fingerprint density at radius 2 is 2.04 bits per heavy atom. The molecule has 2 saturated heterocycles. The van der Waals surface area contributed by atoms with Crippen molar-refractivity contribution < 1.29 is 9.53 Å². The predicted molar refractivity (Wildman–Crippen MR) is 109 cm³/mol. The van der Waals surface area contributed by atoms with Gasteiger partial charge in [0.25, 0.3) is 5.91 Å². The summed E-state index contributed by atoms with van der Waals surface area (Å²) in [5.74, 6) is 0.536. The molecule has 2 aliphatic heterocycles. The number of hydrogen-bond donors (Lipinski definition) is 2. The van der Waals surface area contributed by atoms with Gasteiger partial charge in [-0.2, -0.15) is 4.99 Å². The molecule has 3 N–H and O–H groups in total. The molecule has 1 aromatic heterocycles. The Morgan fingerprint density at radius 1 is 1.29 bits per heavy atom. The average Bonchev–Trinajstić information content (AvgIpc) is 2.63. The minimum atomic E-state index is -0.359. The highest BCUT2D eigenvalue weighted by Crippen LogP contribution is 2.27. The van der Waals surface area contributed by atoms with Gasteiger partial charge in [0.05, 0.1) is 24.8 Å². The fraction of sp³-hybridized carbons (Fsp3) is 0.476. The SMILES string of the molecule is CC(N)=NC(=O)c1cc2cc(C)c#cc2nc1N1CCC(NC2COC2)CC1. The maximum Gasteiger partial charge on any atom is 0.282 e. The molecule has 3 heterocycles. The molecule has 1 amide bonds. The fourth-order valence-electron chi connectivity index (χ4n) is 3.70. The van der Waals surface area contributed by atoms with Crippen LogP contribution in [-0.4, -0.2) is 55.1 Å². The molecule has 0 spiro atoms. The molecule has 7 nitrogen and oxygen atoms in total. The molecule has 7 heteroatoms. The third-order valence-corrected chi connectivity index (χ3v) is 5.19. The molecule has 0 aliphatic carbocycles. The summed E-state index contributed by atoms with van der Waals surface area (Å²) in [5.41, 5.74) is 7.78. The number of carbonyl (C=O) groups is 1. The van der Waals surface area contributed by atoms with Crippen LogP contribution in [0.25, 0.3) is 10.9 Å². The van der Waals surface area contributed by atoms with Crippen molar-refractivity contribution in [2.45, 2.75) is 38.8 Å². The van der Waals surface area contributed by atoms with Crippen LogP contribution in [-0.2, 0) is 4.74 Å². The van der Waals surface area contributed by atoms with E-state index < -0.39 is 0 Å². The number of amides is 1. The van der Waals surface area contributed by atoms with Crippen molar-refractivity contribution in [1.29, 1.82) is 0 Å². The zero-order valence-electron chi connectivity index (χ0n) is 16.3. The number of anilines is 1. The number of nitrogens with zero attached hydrogens (tertiary/aromatic N) is 3. The minimum Gasteiger partial charge on any atom is -0.387 e. The van der Waals surface area contributed by atoms with E-state index in [1.807, 2.05) is 19.1 Å². The van der Waals surface area contributed by atoms with Crippen LogP contribution in [0.5, 0.6) is 0 Å². The van der Waals surface area contributed by atoms with Gasteiger partial charge in [-0.3, -0.25) is 4.79 Å². The molecule has 0 radical (unpaired) electrons. The molecule has 2 fully saturated rings. The van der Waals surface area contributed by atoms with Gasteiger partial charge in [-0.05, 0) is 44.9 Å². The van der Waals surface area contributed by atoms with E-state index in [1.165, 1.54) is 0 Å². The van der Waals surface area contributed by atoms with E-state index >= 15 is 0 Å². The molecule has 1 aromatic carbocycles. The van der Waals surface area contributed by atoms with Gasteiger partial charge in [0, 0.05) is 30.1 Å². The van der Waals surface area contributed by atoms with Crippen LogP contribution >= 0.6 is 0 Å². The lowest BCUT2D eigenvalue weighted by Crippen LogP contribution is -2.53. The lowest BCUT2D eigenvalue weighted by molar-refractivity contribution is -0.0111. The summed E-state index contributed by atoms with van der Waals surface area (Å²) >= 11 is 0. The number of aryl methyl sites for hydroxylation is 1. The number of rotatable bonds is 4. The molecular formula is C21H25N5O2. The first-order valence-corrected chi connectivity index (χ1v) is 9.69. The lowest BCUT2D eigenvalue weighted by atomic mass is 10.0. The first kappa shape index (κ1) is 18.7. The molecule has 4 rings (SSSR count). The van der Waals surface area contributed by atoms with Crippen LogP contribution in [0.3, 0.4) is 0 Å². The largest absolute Gasteiger partial charge is 0.387 e. The zero-order chi connectivity index (χ0) is 19.7. The first-order valence-electron chi connectivity index (χ1n) is 9.69. The second-order valence-electron chi connectivity index (χ2n) is 7.60. The third kappa shape index (κ3) is 3.93. The average molecular weight is 379 g/mol. The summed E-state index contributed by atoms with van der Waals surface area (Å²) in [7, 11) is 0. The summed E-state index contributed by atoms with van der Waals surface area (Å²) in [6, 6.07) is 10.9. The van der Waals surface area contributed by atoms with Gasteiger partial charge in [0.2, 0.25) is 0 Å². The van der Waals surface area contributed by atoms with Gasteiger partial charge in [-0.25, -0.2) is 4.98 Å². The highest BCUT2D eigenvalue weighted by molar-refractivity contribution is 6.07. The summed E-state index contributed by atoms with van der Waals surface area (Å²) in [5, 5.41) is 4.49. The van der Waals surface area contributed by atoms with Crippen LogP contribution in [0.1, 0.15) is 35.7 Å². The van der Waals surface area contributed by atoms with Gasteiger partial charge in [-0.1, -0.05) is 6.07 Å². The van der Waals surface area contributed by atoms with Gasteiger partial charge < -0.3 is 20.7 Å². The minimum absolute atomic E-state index is 0.241. The third-order valence-electron chi connectivity index (χ3n) is 5.19. The topological polar surface area (TPSA) is 92.8 Å². The highest BCUT2D eigenvalue weighted by atomic mass is 16.5. The lowest BCUT2D eigenvalue weighted by Gasteiger charge is -2.37. The van der Waals surface area contributed by atoms with E-state index in [1.54, 1.807) is 6.92 Å². The molecule has 0 atom stereocenters. The summed E-state index contributed by atoms with van der Waals surface area (Å²) < 4.78 is 5.24. The van der Waals surface area contributed by atoms with Gasteiger partial charge in [-0.15, -0.1) is 0 Å². The smallest absolute Gasteiger partial charge is 0.282 e. The highest BCUT2D eigenvalue weighted by Gasteiger charge is 2.28. The first-order chi connectivity index (χ1) is 13.5. The van der Waals surface area contributed by atoms with Crippen molar-refractivity contribution >= 4 is 28.5 Å². The second kappa shape index (κ2) is 7.74. The van der Waals surface area contributed by atoms with E-state index in [4.69, 9.17) is 15.5 Å². The van der Waals surface area contributed by atoms with E-state index in [2.05, 4.69) is 27.3 Å². The van der Waals surface area contributed by atoms with Crippen LogP contribution in [0.4, 0.5) is 5.82 Å². The summed E-state index contributed by atoms with van der Waals surface area (Å²) in [4.78, 5) is 23.6. The standard InChI is InChI=1S/C21H25N5O2/c1-13-3-4-19-15(9-13)10-18(21(27)23-14(2)22)20(25-19)26-7-5-16(6-8-26)24-17-11-28-12-17/h9-10,16-17,24H,5-8,11-12H2,1-2H3,(H2,22,23,27). The van der Waals surface area contributed by atoms with Gasteiger partial charge in [0.1, 0.15) is 17.2 Å². The van der Waals surface area contributed by atoms with Gasteiger partial charge >= 0.3 is 0 Å². The zero-order valence-corrected chi connectivity index (χ0v) is 16.3. The number of pyridine rings is 1. The quantitative estimate of drug-likeness (QED) is 0.619. The van der Waals surface area contributed by atoms with Crippen molar-refractivity contribution in [3.05, 3.63) is 35.4 Å². The van der Waals surface area contributed by atoms with Crippen molar-refractivity contribution in [2.24, 2.45) is 10.7 Å². The second-order valence-corrected chi connectivity index (χ2v) is 7.60. The number of hydrogen-bond acceptors (Lipinski definition) is 5. The number of aromatic nitrogens is 1. The van der Waals surface area contributed by atoms with Gasteiger partial charge in [0.15, 0.2) is 0 Å². The van der Waals surface area contributed by atoms with Crippen LogP contribution in [0, 0.1) is 19.1 Å². The Morgan fingerprint density at radius 3 is 2.68 bits per heavy atom. The Labute approximate surface area is 165 Å². The van der Waals surface area contributed by atoms with E-state index in [9.17, 15) is 4.79 Å². The summed E-state index contributed by atoms with van der Waals surface area (Å²) in [6.45, 7) is 6.80. The van der Waals surface area contributed by atoms with E-state index in [0.717, 1.165) is 50.1 Å². The van der Waals surface area contributed by atoms with E-state index in [0.29, 0.717) is 29.0 Å². The Kier molecular flexibility index (Phi) is 5.16. The van der Waals surface area contributed by atoms with Crippen molar-refractivity contribution in [1.82, 2.24) is 10.3 Å². The number of nitrogens with two attached hydrogens (primary N) is 1. The van der Waals surface area contributed by atoms with Crippen molar-refractivity contribution in [3.63, 3.8) is 0 Å². The van der Waals surface area contributed by atoms with Crippen LogP contribution in [0.15, 0.2) is 17.1 Å². The van der Waals surface area contributed by atoms with Crippen molar-refractivity contribution in [2.75, 3.05) is 31.2 Å². The Bertz CT molecular complexity index is 910. The number of piperidine rings is 1.